The van der Waals surface area contributed by atoms with E-state index in [-0.39, 0.29) is 6.10 Å². The summed E-state index contributed by atoms with van der Waals surface area (Å²) in [6, 6.07) is 10.1. The second-order valence-corrected chi connectivity index (χ2v) is 5.89. The Balaban J connectivity index is 2.16. The lowest BCUT2D eigenvalue weighted by Gasteiger charge is -2.20. The van der Waals surface area contributed by atoms with Crippen LogP contribution in [0.5, 0.6) is 5.75 Å². The Bertz CT molecular complexity index is 523. The molecule has 0 aliphatic heterocycles. The van der Waals surface area contributed by atoms with Crippen molar-refractivity contribution in [3.05, 3.63) is 40.6 Å². The van der Waals surface area contributed by atoms with Crippen LogP contribution in [0.2, 0.25) is 0 Å². The van der Waals surface area contributed by atoms with Crippen molar-refractivity contribution < 1.29 is 4.74 Å². The molecule has 0 unspecified atom stereocenters. The van der Waals surface area contributed by atoms with E-state index < -0.39 is 0 Å². The molecule has 0 saturated heterocycles. The van der Waals surface area contributed by atoms with Gasteiger partial charge in [-0.2, -0.15) is 0 Å². The standard InChI is InChI=1S/C15H20N2OS/c1-11(2)18-14-8-12(16)7-13(9-14)17(3)10-15-5-4-6-19-15/h4-9,11H,10,16H2,1-3H3. The lowest BCUT2D eigenvalue weighted by Crippen LogP contribution is -2.16. The molecular formula is C15H20N2OS. The number of hydrogen-bond donors (Lipinski definition) is 1. The number of benzene rings is 1. The molecule has 0 radical (unpaired) electrons. The molecule has 0 amide bonds. The number of ether oxygens (including phenoxy) is 1. The summed E-state index contributed by atoms with van der Waals surface area (Å²) in [5, 5.41) is 2.09. The molecule has 0 atom stereocenters. The summed E-state index contributed by atoms with van der Waals surface area (Å²) in [5.41, 5.74) is 7.74. The maximum Gasteiger partial charge on any atom is 0.123 e. The third-order valence-electron chi connectivity index (χ3n) is 2.70. The van der Waals surface area contributed by atoms with Crippen LogP contribution in [-0.4, -0.2) is 13.2 Å². The first-order valence-corrected chi connectivity index (χ1v) is 7.23. The Labute approximate surface area is 118 Å². The van der Waals surface area contributed by atoms with Gasteiger partial charge in [0.2, 0.25) is 0 Å². The summed E-state index contributed by atoms with van der Waals surface area (Å²) >= 11 is 1.76. The van der Waals surface area contributed by atoms with Crippen LogP contribution in [0.25, 0.3) is 0 Å². The van der Waals surface area contributed by atoms with Crippen molar-refractivity contribution >= 4 is 22.7 Å². The molecule has 1 heterocycles. The van der Waals surface area contributed by atoms with E-state index in [1.165, 1.54) is 4.88 Å². The van der Waals surface area contributed by atoms with Crippen molar-refractivity contribution in [2.75, 3.05) is 17.7 Å². The maximum absolute atomic E-state index is 5.94. The summed E-state index contributed by atoms with van der Waals surface area (Å²) in [6.45, 7) is 4.90. The zero-order chi connectivity index (χ0) is 13.8. The number of nitrogens with zero attached hydrogens (tertiary/aromatic N) is 1. The molecule has 0 fully saturated rings. The van der Waals surface area contributed by atoms with Gasteiger partial charge in [0.1, 0.15) is 5.75 Å². The third kappa shape index (κ3) is 3.89. The van der Waals surface area contributed by atoms with E-state index in [0.29, 0.717) is 0 Å². The average Bonchev–Trinajstić information content (AvgIpc) is 2.80. The van der Waals surface area contributed by atoms with E-state index in [2.05, 4.69) is 29.5 Å². The Morgan fingerprint density at radius 1 is 1.32 bits per heavy atom. The van der Waals surface area contributed by atoms with Crippen LogP contribution in [0.1, 0.15) is 18.7 Å². The predicted molar refractivity (Wildman–Crippen MR) is 83.0 cm³/mol. The highest BCUT2D eigenvalue weighted by Gasteiger charge is 2.07. The molecule has 2 aromatic rings. The van der Waals surface area contributed by atoms with E-state index in [9.17, 15) is 0 Å². The highest BCUT2D eigenvalue weighted by atomic mass is 32.1. The van der Waals surface area contributed by atoms with Gasteiger partial charge in [-0.05, 0) is 31.4 Å². The molecule has 19 heavy (non-hydrogen) atoms. The van der Waals surface area contributed by atoms with Crippen LogP contribution < -0.4 is 15.4 Å². The van der Waals surface area contributed by atoms with Gasteiger partial charge in [0, 0.05) is 35.4 Å². The average molecular weight is 276 g/mol. The van der Waals surface area contributed by atoms with Crippen LogP contribution >= 0.6 is 11.3 Å². The second-order valence-electron chi connectivity index (χ2n) is 4.86. The van der Waals surface area contributed by atoms with Crippen LogP contribution in [0.4, 0.5) is 11.4 Å². The van der Waals surface area contributed by atoms with E-state index in [0.717, 1.165) is 23.7 Å². The van der Waals surface area contributed by atoms with Gasteiger partial charge in [-0.3, -0.25) is 0 Å². The molecule has 2 rings (SSSR count). The summed E-state index contributed by atoms with van der Waals surface area (Å²) in [7, 11) is 2.06. The molecule has 0 saturated carbocycles. The molecule has 1 aromatic carbocycles. The smallest absolute Gasteiger partial charge is 0.123 e. The lowest BCUT2D eigenvalue weighted by molar-refractivity contribution is 0.242. The quantitative estimate of drug-likeness (QED) is 0.845. The molecule has 0 aliphatic carbocycles. The molecule has 102 valence electrons. The topological polar surface area (TPSA) is 38.5 Å². The predicted octanol–water partition coefficient (Wildman–Crippen LogP) is 3.75. The van der Waals surface area contributed by atoms with Gasteiger partial charge in [0.25, 0.3) is 0 Å². The van der Waals surface area contributed by atoms with E-state index >= 15 is 0 Å². The van der Waals surface area contributed by atoms with Crippen molar-refractivity contribution in [1.29, 1.82) is 0 Å². The van der Waals surface area contributed by atoms with E-state index in [4.69, 9.17) is 10.5 Å². The molecule has 0 bridgehead atoms. The zero-order valence-electron chi connectivity index (χ0n) is 11.6. The normalized spacial score (nSPS) is 10.7. The zero-order valence-corrected chi connectivity index (χ0v) is 12.4. The molecular weight excluding hydrogens is 256 g/mol. The second kappa shape index (κ2) is 5.97. The van der Waals surface area contributed by atoms with Gasteiger partial charge >= 0.3 is 0 Å². The molecule has 0 spiro atoms. The van der Waals surface area contributed by atoms with Crippen molar-refractivity contribution in [3.63, 3.8) is 0 Å². The highest BCUT2D eigenvalue weighted by Crippen LogP contribution is 2.27. The highest BCUT2D eigenvalue weighted by molar-refractivity contribution is 7.09. The van der Waals surface area contributed by atoms with Gasteiger partial charge < -0.3 is 15.4 Å². The number of rotatable bonds is 5. The summed E-state index contributed by atoms with van der Waals surface area (Å²) in [6.07, 6.45) is 0.150. The fourth-order valence-electron chi connectivity index (χ4n) is 1.89. The fourth-order valence-corrected chi connectivity index (χ4v) is 2.65. The number of nitrogens with two attached hydrogens (primary N) is 1. The van der Waals surface area contributed by atoms with E-state index in [1.807, 2.05) is 32.0 Å². The van der Waals surface area contributed by atoms with Crippen LogP contribution in [-0.2, 0) is 6.54 Å². The van der Waals surface area contributed by atoms with Gasteiger partial charge in [-0.25, -0.2) is 0 Å². The molecule has 0 aliphatic rings. The number of nitrogen functional groups attached to an aromatic ring is 1. The molecule has 4 heteroatoms. The minimum Gasteiger partial charge on any atom is -0.491 e. The summed E-state index contributed by atoms with van der Waals surface area (Å²) in [5.74, 6) is 0.822. The number of hydrogen-bond acceptors (Lipinski definition) is 4. The van der Waals surface area contributed by atoms with Crippen molar-refractivity contribution in [1.82, 2.24) is 0 Å². The van der Waals surface area contributed by atoms with Crippen molar-refractivity contribution in [3.8, 4) is 5.75 Å². The third-order valence-corrected chi connectivity index (χ3v) is 3.56. The first-order chi connectivity index (χ1) is 9.04. The Morgan fingerprint density at radius 3 is 2.74 bits per heavy atom. The molecule has 3 nitrogen and oxygen atoms in total. The fraction of sp³-hybridized carbons (Fsp3) is 0.333. The van der Waals surface area contributed by atoms with Gasteiger partial charge in [-0.1, -0.05) is 6.07 Å². The SMILES string of the molecule is CC(C)Oc1cc(N)cc(N(C)Cc2cccs2)c1. The number of thiophene rings is 1. The van der Waals surface area contributed by atoms with Gasteiger partial charge in [0.05, 0.1) is 12.6 Å². The lowest BCUT2D eigenvalue weighted by atomic mass is 10.2. The minimum absolute atomic E-state index is 0.150. The Kier molecular flexibility index (Phi) is 4.32. The van der Waals surface area contributed by atoms with E-state index in [1.54, 1.807) is 11.3 Å². The summed E-state index contributed by atoms with van der Waals surface area (Å²) < 4.78 is 5.72. The first-order valence-electron chi connectivity index (χ1n) is 6.35. The van der Waals surface area contributed by atoms with Gasteiger partial charge in [-0.15, -0.1) is 11.3 Å². The molecule has 2 N–H and O–H groups in total. The van der Waals surface area contributed by atoms with Crippen molar-refractivity contribution in [2.45, 2.75) is 26.5 Å². The molecule has 1 aromatic heterocycles. The van der Waals surface area contributed by atoms with Crippen molar-refractivity contribution in [2.24, 2.45) is 0 Å². The minimum atomic E-state index is 0.150. The largest absolute Gasteiger partial charge is 0.491 e. The Hall–Kier alpha value is -1.68. The van der Waals surface area contributed by atoms with Crippen LogP contribution in [0, 0.1) is 0 Å². The summed E-state index contributed by atoms with van der Waals surface area (Å²) in [4.78, 5) is 3.51. The maximum atomic E-state index is 5.94. The van der Waals surface area contributed by atoms with Crippen LogP contribution in [0.15, 0.2) is 35.7 Å². The van der Waals surface area contributed by atoms with Crippen LogP contribution in [0.3, 0.4) is 0 Å². The Morgan fingerprint density at radius 2 is 2.11 bits per heavy atom. The number of anilines is 2. The first kappa shape index (κ1) is 13.7. The monoisotopic (exact) mass is 276 g/mol. The van der Waals surface area contributed by atoms with Gasteiger partial charge in [0.15, 0.2) is 0 Å².